The molecule has 1 N–H and O–H groups in total. The van der Waals surface area contributed by atoms with E-state index < -0.39 is 0 Å². The van der Waals surface area contributed by atoms with Gasteiger partial charge in [0.25, 0.3) is 0 Å². The molecule has 0 aromatic carbocycles. The lowest BCUT2D eigenvalue weighted by Crippen LogP contribution is -2.19. The van der Waals surface area contributed by atoms with Gasteiger partial charge >= 0.3 is 0 Å². The number of rotatable bonds is 3. The smallest absolute Gasteiger partial charge is 0.225 e. The lowest BCUT2D eigenvalue weighted by molar-refractivity contribution is 0.615. The van der Waals surface area contributed by atoms with Crippen molar-refractivity contribution in [2.24, 2.45) is 0 Å². The molecule has 1 aliphatic carbocycles. The minimum Gasteiger partial charge on any atom is -0.351 e. The number of nitrogens with one attached hydrogen (secondary N) is 1. The van der Waals surface area contributed by atoms with Crippen molar-refractivity contribution in [2.45, 2.75) is 57.9 Å². The van der Waals surface area contributed by atoms with Gasteiger partial charge in [0.05, 0.1) is 0 Å². The van der Waals surface area contributed by atoms with Crippen molar-refractivity contribution in [3.05, 3.63) is 16.1 Å². The number of anilines is 1. The van der Waals surface area contributed by atoms with Gasteiger partial charge < -0.3 is 5.32 Å². The van der Waals surface area contributed by atoms with Gasteiger partial charge in [0.15, 0.2) is 0 Å². The number of aryl methyl sites for hydroxylation is 1. The summed E-state index contributed by atoms with van der Waals surface area (Å²) in [5.41, 5.74) is 0. The predicted octanol–water partition coefficient (Wildman–Crippen LogP) is 5.04. The third kappa shape index (κ3) is 3.07. The topological polar surface area (TPSA) is 37.8 Å². The fourth-order valence-corrected chi connectivity index (χ4v) is 4.03. The van der Waals surface area contributed by atoms with Crippen molar-refractivity contribution >= 4 is 39.1 Å². The van der Waals surface area contributed by atoms with Crippen LogP contribution in [0.4, 0.5) is 5.95 Å². The average Bonchev–Trinajstić information content (AvgIpc) is 2.69. The van der Waals surface area contributed by atoms with Crippen LogP contribution in [0, 0.1) is 0 Å². The average molecular weight is 310 g/mol. The van der Waals surface area contributed by atoms with Crippen LogP contribution >= 0.6 is 22.9 Å². The molecule has 20 heavy (non-hydrogen) atoms. The third-order valence-electron chi connectivity index (χ3n) is 3.93. The van der Waals surface area contributed by atoms with E-state index in [1.54, 1.807) is 11.3 Å². The lowest BCUT2D eigenvalue weighted by atomic mass is 10.1. The molecule has 5 heteroatoms. The maximum Gasteiger partial charge on any atom is 0.225 e. The van der Waals surface area contributed by atoms with E-state index in [-0.39, 0.29) is 0 Å². The molecular formula is C15H20ClN3S. The highest BCUT2D eigenvalue weighted by molar-refractivity contribution is 7.18. The minimum atomic E-state index is 0.497. The summed E-state index contributed by atoms with van der Waals surface area (Å²) in [6.45, 7) is 2.15. The van der Waals surface area contributed by atoms with Gasteiger partial charge in [0.1, 0.15) is 9.98 Å². The van der Waals surface area contributed by atoms with Gasteiger partial charge in [-0.3, -0.25) is 0 Å². The second kappa shape index (κ2) is 6.27. The van der Waals surface area contributed by atoms with Gasteiger partial charge in [-0.1, -0.05) is 44.2 Å². The minimum absolute atomic E-state index is 0.497. The number of thiophene rings is 1. The Labute approximate surface area is 128 Å². The highest BCUT2D eigenvalue weighted by atomic mass is 35.5. The zero-order chi connectivity index (χ0) is 13.9. The van der Waals surface area contributed by atoms with Gasteiger partial charge in [-0.05, 0) is 25.3 Å². The summed E-state index contributed by atoms with van der Waals surface area (Å²) in [7, 11) is 0. The molecule has 0 saturated heterocycles. The standard InChI is InChI=1S/C15H20ClN3S/c1-2-11-9-12-13(16)18-15(19-14(12)20-11)17-10-7-5-3-4-6-8-10/h9-10H,2-8H2,1H3,(H,17,18,19). The Hall–Kier alpha value is -0.870. The van der Waals surface area contributed by atoms with Crippen LogP contribution in [0.25, 0.3) is 10.2 Å². The zero-order valence-corrected chi connectivity index (χ0v) is 13.4. The molecule has 0 unspecified atom stereocenters. The Morgan fingerprint density at radius 3 is 2.70 bits per heavy atom. The highest BCUT2D eigenvalue weighted by Crippen LogP contribution is 2.30. The van der Waals surface area contributed by atoms with Crippen LogP contribution in [0.2, 0.25) is 5.15 Å². The number of fused-ring (bicyclic) bond motifs is 1. The van der Waals surface area contributed by atoms with Crippen LogP contribution in [0.1, 0.15) is 50.3 Å². The molecule has 1 fully saturated rings. The molecule has 1 aliphatic rings. The first-order chi connectivity index (χ1) is 9.76. The first-order valence-corrected chi connectivity index (χ1v) is 8.68. The molecular weight excluding hydrogens is 290 g/mol. The van der Waals surface area contributed by atoms with Crippen LogP contribution in [0.5, 0.6) is 0 Å². The van der Waals surface area contributed by atoms with E-state index in [1.807, 2.05) is 0 Å². The molecule has 0 aliphatic heterocycles. The Bertz CT molecular complexity index is 588. The first-order valence-electron chi connectivity index (χ1n) is 7.48. The SMILES string of the molecule is CCc1cc2c(Cl)nc(NC3CCCCCC3)nc2s1. The number of hydrogen-bond acceptors (Lipinski definition) is 4. The van der Waals surface area contributed by atoms with Gasteiger partial charge in [-0.25, -0.2) is 9.97 Å². The number of nitrogens with zero attached hydrogens (tertiary/aromatic N) is 2. The summed E-state index contributed by atoms with van der Waals surface area (Å²) < 4.78 is 0. The molecule has 0 amide bonds. The molecule has 0 radical (unpaired) electrons. The summed E-state index contributed by atoms with van der Waals surface area (Å²) in [6.07, 6.45) is 8.74. The third-order valence-corrected chi connectivity index (χ3v) is 5.40. The Kier molecular flexibility index (Phi) is 4.41. The zero-order valence-electron chi connectivity index (χ0n) is 11.8. The fraction of sp³-hybridized carbons (Fsp3) is 0.600. The summed E-state index contributed by atoms with van der Waals surface area (Å²) in [6, 6.07) is 2.61. The van der Waals surface area contributed by atoms with Gasteiger partial charge in [-0.15, -0.1) is 11.3 Å². The first kappa shape index (κ1) is 14.1. The molecule has 2 heterocycles. The molecule has 2 aromatic rings. The van der Waals surface area contributed by atoms with E-state index in [9.17, 15) is 0 Å². The maximum absolute atomic E-state index is 6.30. The molecule has 3 rings (SSSR count). The van der Waals surface area contributed by atoms with Gasteiger partial charge in [-0.2, -0.15) is 0 Å². The van der Waals surface area contributed by atoms with Crippen LogP contribution in [0.15, 0.2) is 6.07 Å². The number of aromatic nitrogens is 2. The van der Waals surface area contributed by atoms with Crippen LogP contribution in [-0.4, -0.2) is 16.0 Å². The summed E-state index contributed by atoms with van der Waals surface area (Å²) >= 11 is 8.01. The molecule has 1 saturated carbocycles. The van der Waals surface area contributed by atoms with Crippen molar-refractivity contribution < 1.29 is 0 Å². The van der Waals surface area contributed by atoms with Crippen LogP contribution < -0.4 is 5.32 Å². The second-order valence-corrected chi connectivity index (χ2v) is 6.93. The predicted molar refractivity (Wildman–Crippen MR) is 86.9 cm³/mol. The molecule has 2 aromatic heterocycles. The Morgan fingerprint density at radius 1 is 1.25 bits per heavy atom. The Balaban J connectivity index is 1.83. The Morgan fingerprint density at radius 2 is 2.00 bits per heavy atom. The largest absolute Gasteiger partial charge is 0.351 e. The van der Waals surface area contributed by atoms with E-state index in [0.717, 1.165) is 16.6 Å². The normalized spacial score (nSPS) is 17.3. The molecule has 108 valence electrons. The van der Waals surface area contributed by atoms with Gasteiger partial charge in [0.2, 0.25) is 5.95 Å². The van der Waals surface area contributed by atoms with Crippen molar-refractivity contribution in [1.82, 2.24) is 9.97 Å². The lowest BCUT2D eigenvalue weighted by Gasteiger charge is -2.16. The number of hydrogen-bond donors (Lipinski definition) is 1. The molecule has 3 nitrogen and oxygen atoms in total. The van der Waals surface area contributed by atoms with Crippen LogP contribution in [-0.2, 0) is 6.42 Å². The quantitative estimate of drug-likeness (QED) is 0.637. The van der Waals surface area contributed by atoms with Crippen molar-refractivity contribution in [1.29, 1.82) is 0 Å². The van der Waals surface area contributed by atoms with E-state index >= 15 is 0 Å². The van der Waals surface area contributed by atoms with Crippen molar-refractivity contribution in [3.8, 4) is 0 Å². The second-order valence-electron chi connectivity index (χ2n) is 5.46. The van der Waals surface area contributed by atoms with Crippen LogP contribution in [0.3, 0.4) is 0 Å². The van der Waals surface area contributed by atoms with Crippen molar-refractivity contribution in [2.75, 3.05) is 5.32 Å². The molecule has 0 atom stereocenters. The van der Waals surface area contributed by atoms with E-state index in [2.05, 4.69) is 28.3 Å². The van der Waals surface area contributed by atoms with E-state index in [4.69, 9.17) is 11.6 Å². The monoisotopic (exact) mass is 309 g/mol. The van der Waals surface area contributed by atoms with E-state index in [0.29, 0.717) is 17.1 Å². The highest BCUT2D eigenvalue weighted by Gasteiger charge is 2.15. The molecule has 0 bridgehead atoms. The van der Waals surface area contributed by atoms with Crippen molar-refractivity contribution in [3.63, 3.8) is 0 Å². The summed E-state index contributed by atoms with van der Waals surface area (Å²) in [5.74, 6) is 0.693. The molecule has 0 spiro atoms. The number of halogens is 1. The summed E-state index contributed by atoms with van der Waals surface area (Å²) in [4.78, 5) is 11.4. The van der Waals surface area contributed by atoms with Gasteiger partial charge in [0, 0.05) is 16.3 Å². The maximum atomic E-state index is 6.30. The van der Waals surface area contributed by atoms with E-state index in [1.165, 1.54) is 43.4 Å². The summed E-state index contributed by atoms with van der Waals surface area (Å²) in [5, 5.41) is 5.04. The fourth-order valence-electron chi connectivity index (χ4n) is 2.78.